The average Bonchev–Trinajstić information content (AvgIpc) is 2.56. The molecule has 0 aliphatic carbocycles. The summed E-state index contributed by atoms with van der Waals surface area (Å²) < 4.78 is 0. The van der Waals surface area contributed by atoms with Crippen LogP contribution in [0.25, 0.3) is 0 Å². The Bertz CT molecular complexity index is 198. The summed E-state index contributed by atoms with van der Waals surface area (Å²) in [5.41, 5.74) is 5.38. The predicted octanol–water partition coefficient (Wildman–Crippen LogP) is 1.14. The number of aromatic nitrogens is 1. The molecule has 1 aromatic rings. The van der Waals surface area contributed by atoms with Crippen molar-refractivity contribution in [1.29, 1.82) is 0 Å². The monoisotopic (exact) mass is 185 g/mol. The average molecular weight is 185 g/mol. The zero-order valence-corrected chi connectivity index (χ0v) is 8.10. The molecule has 0 bridgehead atoms. The Kier molecular flexibility index (Phi) is 4.21. The number of nitrogens with one attached hydrogen (secondary N) is 1. The number of nitrogens with two attached hydrogens (primary N) is 1. The van der Waals surface area contributed by atoms with Gasteiger partial charge in [-0.3, -0.25) is 0 Å². The Balaban J connectivity index is 2.25. The van der Waals surface area contributed by atoms with Crippen molar-refractivity contribution in [3.63, 3.8) is 0 Å². The molecule has 1 heterocycles. The lowest BCUT2D eigenvalue weighted by molar-refractivity contribution is 0.559. The molecule has 0 saturated carbocycles. The third-order valence-corrected chi connectivity index (χ3v) is 2.61. The highest BCUT2D eigenvalue weighted by Crippen LogP contribution is 2.13. The second-order valence-corrected chi connectivity index (χ2v) is 3.61. The Labute approximate surface area is 77.0 Å². The summed E-state index contributed by atoms with van der Waals surface area (Å²) in [6, 6.07) is 0.358. The molecule has 0 spiro atoms. The van der Waals surface area contributed by atoms with E-state index in [-0.39, 0.29) is 0 Å². The molecule has 0 saturated heterocycles. The highest BCUT2D eigenvalue weighted by atomic mass is 32.1. The van der Waals surface area contributed by atoms with E-state index in [1.54, 1.807) is 11.3 Å². The van der Waals surface area contributed by atoms with Gasteiger partial charge in [-0.1, -0.05) is 0 Å². The summed E-state index contributed by atoms with van der Waals surface area (Å²) in [5, 5.41) is 6.50. The molecule has 1 rings (SSSR count). The summed E-state index contributed by atoms with van der Waals surface area (Å²) in [7, 11) is 0. The van der Waals surface area contributed by atoms with Crippen molar-refractivity contribution in [3.05, 3.63) is 16.6 Å². The Morgan fingerprint density at radius 1 is 1.75 bits per heavy atom. The fourth-order valence-corrected chi connectivity index (χ4v) is 1.63. The summed E-state index contributed by atoms with van der Waals surface area (Å²) in [6.45, 7) is 3.84. The second kappa shape index (κ2) is 5.24. The molecule has 68 valence electrons. The number of hydrogen-bond donors (Lipinski definition) is 2. The SMILES string of the molecule is CC(NCCCN)c1nccs1. The predicted molar refractivity (Wildman–Crippen MR) is 52.2 cm³/mol. The van der Waals surface area contributed by atoms with Gasteiger partial charge in [0.2, 0.25) is 0 Å². The van der Waals surface area contributed by atoms with E-state index in [0.717, 1.165) is 24.5 Å². The molecule has 12 heavy (non-hydrogen) atoms. The fraction of sp³-hybridized carbons (Fsp3) is 0.625. The van der Waals surface area contributed by atoms with Gasteiger partial charge in [0, 0.05) is 11.6 Å². The molecule has 0 aliphatic rings. The lowest BCUT2D eigenvalue weighted by Gasteiger charge is -2.09. The van der Waals surface area contributed by atoms with Gasteiger partial charge in [-0.2, -0.15) is 0 Å². The molecular formula is C8H15N3S. The quantitative estimate of drug-likeness (QED) is 0.676. The molecule has 1 unspecified atom stereocenters. The van der Waals surface area contributed by atoms with E-state index in [1.165, 1.54) is 0 Å². The van der Waals surface area contributed by atoms with Crippen LogP contribution >= 0.6 is 11.3 Å². The first-order valence-corrected chi connectivity index (χ1v) is 5.05. The van der Waals surface area contributed by atoms with Crippen molar-refractivity contribution < 1.29 is 0 Å². The molecule has 4 heteroatoms. The molecule has 0 amide bonds. The van der Waals surface area contributed by atoms with Crippen LogP contribution in [0.2, 0.25) is 0 Å². The van der Waals surface area contributed by atoms with Crippen molar-refractivity contribution in [2.24, 2.45) is 5.73 Å². The lowest BCUT2D eigenvalue weighted by Crippen LogP contribution is -2.21. The van der Waals surface area contributed by atoms with Crippen molar-refractivity contribution in [1.82, 2.24) is 10.3 Å². The Morgan fingerprint density at radius 2 is 2.58 bits per heavy atom. The number of rotatable bonds is 5. The molecule has 0 fully saturated rings. The van der Waals surface area contributed by atoms with Crippen LogP contribution in [0, 0.1) is 0 Å². The maximum Gasteiger partial charge on any atom is 0.109 e. The fourth-order valence-electron chi connectivity index (χ4n) is 0.956. The molecule has 0 aromatic carbocycles. The molecule has 1 aromatic heterocycles. The van der Waals surface area contributed by atoms with E-state index in [1.807, 2.05) is 11.6 Å². The first-order valence-electron chi connectivity index (χ1n) is 4.17. The van der Waals surface area contributed by atoms with Gasteiger partial charge in [-0.05, 0) is 26.4 Å². The van der Waals surface area contributed by atoms with E-state index >= 15 is 0 Å². The molecular weight excluding hydrogens is 170 g/mol. The largest absolute Gasteiger partial charge is 0.330 e. The highest BCUT2D eigenvalue weighted by molar-refractivity contribution is 7.09. The van der Waals surface area contributed by atoms with Crippen LogP contribution in [-0.4, -0.2) is 18.1 Å². The van der Waals surface area contributed by atoms with Gasteiger partial charge < -0.3 is 11.1 Å². The third-order valence-electron chi connectivity index (χ3n) is 1.65. The highest BCUT2D eigenvalue weighted by Gasteiger charge is 2.05. The molecule has 0 aliphatic heterocycles. The number of nitrogens with zero attached hydrogens (tertiary/aromatic N) is 1. The zero-order valence-electron chi connectivity index (χ0n) is 7.29. The molecule has 3 nitrogen and oxygen atoms in total. The van der Waals surface area contributed by atoms with Crippen LogP contribution in [0.1, 0.15) is 24.4 Å². The van der Waals surface area contributed by atoms with E-state index in [0.29, 0.717) is 6.04 Å². The number of thiazole rings is 1. The van der Waals surface area contributed by atoms with Crippen LogP contribution in [0.5, 0.6) is 0 Å². The maximum absolute atomic E-state index is 5.38. The summed E-state index contributed by atoms with van der Waals surface area (Å²) in [6.07, 6.45) is 2.86. The van der Waals surface area contributed by atoms with Crippen molar-refractivity contribution in [2.45, 2.75) is 19.4 Å². The van der Waals surface area contributed by atoms with Gasteiger partial charge in [0.05, 0.1) is 6.04 Å². The Morgan fingerprint density at radius 3 is 3.17 bits per heavy atom. The normalized spacial score (nSPS) is 13.2. The van der Waals surface area contributed by atoms with E-state index < -0.39 is 0 Å². The van der Waals surface area contributed by atoms with Gasteiger partial charge in [-0.15, -0.1) is 11.3 Å². The lowest BCUT2D eigenvalue weighted by atomic mass is 10.3. The number of hydrogen-bond acceptors (Lipinski definition) is 4. The summed E-state index contributed by atoms with van der Waals surface area (Å²) in [4.78, 5) is 4.22. The Hall–Kier alpha value is -0.450. The van der Waals surface area contributed by atoms with Crippen molar-refractivity contribution in [3.8, 4) is 0 Å². The topological polar surface area (TPSA) is 50.9 Å². The minimum Gasteiger partial charge on any atom is -0.330 e. The van der Waals surface area contributed by atoms with Crippen LogP contribution < -0.4 is 11.1 Å². The van der Waals surface area contributed by atoms with Crippen LogP contribution in [0.4, 0.5) is 0 Å². The first kappa shape index (κ1) is 9.64. The van der Waals surface area contributed by atoms with Crippen LogP contribution in [-0.2, 0) is 0 Å². The van der Waals surface area contributed by atoms with E-state index in [2.05, 4.69) is 17.2 Å². The minimum absolute atomic E-state index is 0.358. The maximum atomic E-state index is 5.38. The van der Waals surface area contributed by atoms with Crippen molar-refractivity contribution in [2.75, 3.05) is 13.1 Å². The van der Waals surface area contributed by atoms with Gasteiger partial charge >= 0.3 is 0 Å². The first-order chi connectivity index (χ1) is 5.84. The van der Waals surface area contributed by atoms with Gasteiger partial charge in [-0.25, -0.2) is 4.98 Å². The van der Waals surface area contributed by atoms with E-state index in [4.69, 9.17) is 5.73 Å². The van der Waals surface area contributed by atoms with E-state index in [9.17, 15) is 0 Å². The zero-order chi connectivity index (χ0) is 8.81. The smallest absolute Gasteiger partial charge is 0.109 e. The molecule has 0 radical (unpaired) electrons. The standard InChI is InChI=1S/C8H15N3S/c1-7(10-4-2-3-9)8-11-5-6-12-8/h5-7,10H,2-4,9H2,1H3. The van der Waals surface area contributed by atoms with Crippen LogP contribution in [0.15, 0.2) is 11.6 Å². The molecule has 3 N–H and O–H groups in total. The minimum atomic E-state index is 0.358. The second-order valence-electron chi connectivity index (χ2n) is 2.69. The summed E-state index contributed by atoms with van der Waals surface area (Å²) in [5.74, 6) is 0. The van der Waals surface area contributed by atoms with Crippen molar-refractivity contribution >= 4 is 11.3 Å². The third kappa shape index (κ3) is 2.89. The van der Waals surface area contributed by atoms with Gasteiger partial charge in [0.15, 0.2) is 0 Å². The summed E-state index contributed by atoms with van der Waals surface area (Å²) >= 11 is 1.68. The van der Waals surface area contributed by atoms with Gasteiger partial charge in [0.25, 0.3) is 0 Å². The van der Waals surface area contributed by atoms with Gasteiger partial charge in [0.1, 0.15) is 5.01 Å². The van der Waals surface area contributed by atoms with Crippen LogP contribution in [0.3, 0.4) is 0 Å². The molecule has 1 atom stereocenters.